The van der Waals surface area contributed by atoms with Crippen molar-refractivity contribution in [2.45, 2.75) is 18.9 Å². The Bertz CT molecular complexity index is 181. The van der Waals surface area contributed by atoms with Crippen LogP contribution in [-0.4, -0.2) is 25.3 Å². The van der Waals surface area contributed by atoms with Crippen LogP contribution in [0.2, 0.25) is 0 Å². The van der Waals surface area contributed by atoms with E-state index in [-0.39, 0.29) is 18.5 Å². The molecule has 0 aromatic rings. The molecule has 0 radical (unpaired) electrons. The van der Waals surface area contributed by atoms with Crippen molar-refractivity contribution in [3.8, 4) is 0 Å². The first-order valence-corrected chi connectivity index (χ1v) is 3.85. The Morgan fingerprint density at radius 2 is 2.50 bits per heavy atom. The fourth-order valence-electron chi connectivity index (χ4n) is 1.03. The first-order chi connectivity index (χ1) is 5.70. The van der Waals surface area contributed by atoms with Gasteiger partial charge in [-0.25, -0.2) is 0 Å². The Labute approximate surface area is 70.8 Å². The van der Waals surface area contributed by atoms with Crippen LogP contribution in [0, 0.1) is 0 Å². The molecule has 0 aliphatic carbocycles. The third kappa shape index (κ3) is 2.54. The number of aliphatic carboxylic acids is 1. The number of ether oxygens (including phenoxy) is 2. The van der Waals surface area contributed by atoms with Crippen LogP contribution in [0.1, 0.15) is 12.8 Å². The van der Waals surface area contributed by atoms with Gasteiger partial charge in [-0.1, -0.05) is 6.58 Å². The smallest absolute Gasteiger partial charge is 0.134 e. The minimum atomic E-state index is -1.37. The van der Waals surface area contributed by atoms with Gasteiger partial charge in [0.25, 0.3) is 0 Å². The van der Waals surface area contributed by atoms with Crippen LogP contribution in [0.25, 0.3) is 0 Å². The molecule has 1 rings (SSSR count). The van der Waals surface area contributed by atoms with Crippen LogP contribution < -0.4 is 5.11 Å². The van der Waals surface area contributed by atoms with Crippen molar-refractivity contribution in [2.75, 3.05) is 13.2 Å². The number of carbonyl (C=O) groups is 1. The summed E-state index contributed by atoms with van der Waals surface area (Å²) < 4.78 is 10.0. The van der Waals surface area contributed by atoms with Gasteiger partial charge in [0, 0.05) is 6.61 Å². The number of carboxylic acid groups (broad SMARTS) is 1. The molecule has 1 unspecified atom stereocenters. The van der Waals surface area contributed by atoms with Crippen molar-refractivity contribution >= 4 is 5.97 Å². The van der Waals surface area contributed by atoms with Crippen LogP contribution in [0.15, 0.2) is 12.3 Å². The summed E-state index contributed by atoms with van der Waals surface area (Å²) in [4.78, 5) is 10.1. The van der Waals surface area contributed by atoms with E-state index in [9.17, 15) is 9.90 Å². The van der Waals surface area contributed by atoms with E-state index in [1.165, 1.54) is 0 Å². The summed E-state index contributed by atoms with van der Waals surface area (Å²) in [6, 6.07) is 0. The van der Waals surface area contributed by atoms with E-state index in [1.54, 1.807) is 0 Å². The van der Waals surface area contributed by atoms with E-state index in [0.29, 0.717) is 0 Å². The molecule has 0 aromatic heterocycles. The molecule has 0 amide bonds. The van der Waals surface area contributed by atoms with Crippen molar-refractivity contribution < 1.29 is 19.4 Å². The Morgan fingerprint density at radius 1 is 1.75 bits per heavy atom. The predicted molar refractivity (Wildman–Crippen MR) is 39.1 cm³/mol. The highest BCUT2D eigenvalue weighted by Gasteiger charge is 2.16. The minimum Gasteiger partial charge on any atom is -0.542 e. The van der Waals surface area contributed by atoms with Gasteiger partial charge >= 0.3 is 0 Å². The molecule has 12 heavy (non-hydrogen) atoms. The first kappa shape index (κ1) is 9.06. The third-order valence-electron chi connectivity index (χ3n) is 1.70. The summed E-state index contributed by atoms with van der Waals surface area (Å²) in [7, 11) is 0. The Balaban J connectivity index is 2.16. The molecule has 1 heterocycles. The van der Waals surface area contributed by atoms with Gasteiger partial charge in [-0.3, -0.25) is 0 Å². The van der Waals surface area contributed by atoms with Crippen molar-refractivity contribution in [2.24, 2.45) is 0 Å². The van der Waals surface area contributed by atoms with Crippen molar-refractivity contribution in [1.82, 2.24) is 0 Å². The molecule has 4 heteroatoms. The minimum absolute atomic E-state index is 0.0149. The number of hydrogen-bond acceptors (Lipinski definition) is 4. The summed E-state index contributed by atoms with van der Waals surface area (Å²) in [5.74, 6) is -1.70. The summed E-state index contributed by atoms with van der Waals surface area (Å²) in [6.07, 6.45) is 1.94. The van der Waals surface area contributed by atoms with E-state index in [0.717, 1.165) is 19.4 Å². The number of carboxylic acids is 1. The van der Waals surface area contributed by atoms with Crippen LogP contribution in [0.4, 0.5) is 0 Å². The normalized spacial score (nSPS) is 22.2. The standard InChI is InChI=1S/C8H12O4/c1-6(8(9)10)12-5-7-3-2-4-11-7/h7H,1-5H2,(H,9,10)/p-1. The molecule has 1 atom stereocenters. The van der Waals surface area contributed by atoms with Crippen LogP contribution in [0.3, 0.4) is 0 Å². The zero-order valence-corrected chi connectivity index (χ0v) is 6.75. The van der Waals surface area contributed by atoms with Gasteiger partial charge in [0.05, 0.1) is 6.10 Å². The van der Waals surface area contributed by atoms with E-state index < -0.39 is 5.97 Å². The van der Waals surface area contributed by atoms with E-state index in [2.05, 4.69) is 6.58 Å². The van der Waals surface area contributed by atoms with Gasteiger partial charge in [0.1, 0.15) is 18.3 Å². The molecule has 0 bridgehead atoms. The third-order valence-corrected chi connectivity index (χ3v) is 1.70. The fourth-order valence-corrected chi connectivity index (χ4v) is 1.03. The van der Waals surface area contributed by atoms with Gasteiger partial charge < -0.3 is 19.4 Å². The Hall–Kier alpha value is -1.03. The van der Waals surface area contributed by atoms with Gasteiger partial charge in [0.15, 0.2) is 0 Å². The zero-order valence-electron chi connectivity index (χ0n) is 6.75. The van der Waals surface area contributed by atoms with E-state index >= 15 is 0 Å². The lowest BCUT2D eigenvalue weighted by Gasteiger charge is -2.13. The second kappa shape index (κ2) is 4.11. The van der Waals surface area contributed by atoms with E-state index in [1.807, 2.05) is 0 Å². The van der Waals surface area contributed by atoms with Crippen LogP contribution in [0.5, 0.6) is 0 Å². The monoisotopic (exact) mass is 171 g/mol. The maximum Gasteiger partial charge on any atom is 0.134 e. The second-order valence-electron chi connectivity index (χ2n) is 2.66. The molecule has 1 aliphatic heterocycles. The first-order valence-electron chi connectivity index (χ1n) is 3.85. The van der Waals surface area contributed by atoms with Crippen LogP contribution >= 0.6 is 0 Å². The van der Waals surface area contributed by atoms with Crippen molar-refractivity contribution in [3.63, 3.8) is 0 Å². The van der Waals surface area contributed by atoms with Crippen molar-refractivity contribution in [1.29, 1.82) is 0 Å². The number of hydrogen-bond donors (Lipinski definition) is 0. The summed E-state index contributed by atoms with van der Waals surface area (Å²) in [6.45, 7) is 4.16. The fraction of sp³-hybridized carbons (Fsp3) is 0.625. The SMILES string of the molecule is C=C(OCC1CCCO1)C(=O)[O-]. The molecular formula is C8H11O4-. The molecule has 68 valence electrons. The highest BCUT2D eigenvalue weighted by Crippen LogP contribution is 2.12. The number of carbonyl (C=O) groups excluding carboxylic acids is 1. The maximum absolute atomic E-state index is 10.1. The summed E-state index contributed by atoms with van der Waals surface area (Å²) in [5.41, 5.74) is 0. The highest BCUT2D eigenvalue weighted by atomic mass is 16.5. The Morgan fingerprint density at radius 3 is 3.00 bits per heavy atom. The maximum atomic E-state index is 10.1. The van der Waals surface area contributed by atoms with Gasteiger partial charge in [0.2, 0.25) is 0 Å². The second-order valence-corrected chi connectivity index (χ2v) is 2.66. The van der Waals surface area contributed by atoms with Crippen LogP contribution in [-0.2, 0) is 14.3 Å². The molecule has 1 fully saturated rings. The molecule has 0 saturated carbocycles. The lowest BCUT2D eigenvalue weighted by Crippen LogP contribution is -2.27. The predicted octanol–water partition coefficient (Wildman–Crippen LogP) is -0.554. The van der Waals surface area contributed by atoms with Gasteiger partial charge in [-0.05, 0) is 12.8 Å². The van der Waals surface area contributed by atoms with E-state index in [4.69, 9.17) is 9.47 Å². The lowest BCUT2D eigenvalue weighted by molar-refractivity contribution is -0.303. The lowest BCUT2D eigenvalue weighted by atomic mass is 10.2. The topological polar surface area (TPSA) is 58.6 Å². The average Bonchev–Trinajstić information content (AvgIpc) is 2.51. The molecule has 1 saturated heterocycles. The average molecular weight is 171 g/mol. The molecule has 4 nitrogen and oxygen atoms in total. The molecule has 0 N–H and O–H groups in total. The quantitative estimate of drug-likeness (QED) is 0.420. The van der Waals surface area contributed by atoms with Gasteiger partial charge in [-0.2, -0.15) is 0 Å². The number of rotatable bonds is 4. The summed E-state index contributed by atoms with van der Waals surface area (Å²) in [5, 5.41) is 10.1. The van der Waals surface area contributed by atoms with Gasteiger partial charge in [-0.15, -0.1) is 0 Å². The zero-order chi connectivity index (χ0) is 8.97. The largest absolute Gasteiger partial charge is 0.542 e. The molecule has 0 aromatic carbocycles. The highest BCUT2D eigenvalue weighted by molar-refractivity contribution is 5.81. The summed E-state index contributed by atoms with van der Waals surface area (Å²) >= 11 is 0. The molecule has 0 spiro atoms. The Kier molecular flexibility index (Phi) is 3.10. The van der Waals surface area contributed by atoms with Crippen molar-refractivity contribution in [3.05, 3.63) is 12.3 Å². The molecule has 1 aliphatic rings. The molecular weight excluding hydrogens is 160 g/mol.